The van der Waals surface area contributed by atoms with E-state index in [2.05, 4.69) is 6.07 Å². The Balaban J connectivity index is 2.23. The first kappa shape index (κ1) is 12.6. The van der Waals surface area contributed by atoms with Crippen LogP contribution in [0, 0.1) is 5.82 Å². The van der Waals surface area contributed by atoms with Crippen LogP contribution in [0.15, 0.2) is 46.0 Å². The van der Waals surface area contributed by atoms with Gasteiger partial charge >= 0.3 is 0 Å². The normalized spacial score (nSPS) is 14.5. The van der Waals surface area contributed by atoms with Crippen LogP contribution in [-0.2, 0) is 0 Å². The van der Waals surface area contributed by atoms with E-state index >= 15 is 0 Å². The zero-order chi connectivity index (χ0) is 12.3. The maximum Gasteiger partial charge on any atom is 0.123 e. The first-order valence-corrected chi connectivity index (χ1v) is 7.14. The molecule has 2 aromatic rings. The fourth-order valence-electron chi connectivity index (χ4n) is 1.62. The van der Waals surface area contributed by atoms with E-state index in [1.807, 2.05) is 24.4 Å². The van der Waals surface area contributed by atoms with Gasteiger partial charge in [0.15, 0.2) is 0 Å². The second-order valence-electron chi connectivity index (χ2n) is 3.88. The molecule has 2 atom stereocenters. The third-order valence-corrected chi connectivity index (χ3v) is 4.96. The first-order valence-electron chi connectivity index (χ1n) is 5.38. The smallest absolute Gasteiger partial charge is 0.123 e. The summed E-state index contributed by atoms with van der Waals surface area (Å²) < 4.78 is 14.4. The average Bonchev–Trinajstić information content (AvgIpc) is 2.78. The van der Waals surface area contributed by atoms with Gasteiger partial charge in [-0.3, -0.25) is 0 Å². The highest BCUT2D eigenvalue weighted by Crippen LogP contribution is 2.39. The van der Waals surface area contributed by atoms with E-state index in [4.69, 9.17) is 5.73 Å². The minimum atomic E-state index is -0.208. The zero-order valence-corrected chi connectivity index (χ0v) is 11.1. The number of nitrogens with two attached hydrogens (primary N) is 1. The summed E-state index contributed by atoms with van der Waals surface area (Å²) in [7, 11) is 0. The molecule has 17 heavy (non-hydrogen) atoms. The van der Waals surface area contributed by atoms with E-state index in [1.165, 1.54) is 10.3 Å². The Morgan fingerprint density at radius 2 is 2.12 bits per heavy atom. The van der Waals surface area contributed by atoms with Gasteiger partial charge in [-0.15, -0.1) is 23.1 Å². The van der Waals surface area contributed by atoms with Gasteiger partial charge in [-0.25, -0.2) is 4.39 Å². The number of benzene rings is 1. The number of hydrogen-bond acceptors (Lipinski definition) is 3. The van der Waals surface area contributed by atoms with Crippen LogP contribution in [0.25, 0.3) is 0 Å². The van der Waals surface area contributed by atoms with Crippen molar-refractivity contribution in [3.63, 3.8) is 0 Å². The Kier molecular flexibility index (Phi) is 4.20. The van der Waals surface area contributed by atoms with Crippen molar-refractivity contribution in [1.29, 1.82) is 0 Å². The third kappa shape index (κ3) is 3.31. The molecule has 1 aromatic heterocycles. The minimum absolute atomic E-state index is 0.0242. The van der Waals surface area contributed by atoms with Gasteiger partial charge < -0.3 is 5.73 Å². The lowest BCUT2D eigenvalue weighted by Gasteiger charge is -2.20. The lowest BCUT2D eigenvalue weighted by Crippen LogP contribution is -2.22. The summed E-state index contributed by atoms with van der Waals surface area (Å²) in [6, 6.07) is 10.7. The van der Waals surface area contributed by atoms with E-state index in [0.29, 0.717) is 0 Å². The highest BCUT2D eigenvalue weighted by atomic mass is 32.2. The highest BCUT2D eigenvalue weighted by molar-refractivity contribution is 8.01. The topological polar surface area (TPSA) is 26.0 Å². The van der Waals surface area contributed by atoms with Crippen LogP contribution in [0.4, 0.5) is 4.39 Å². The van der Waals surface area contributed by atoms with Crippen molar-refractivity contribution in [2.45, 2.75) is 22.4 Å². The minimum Gasteiger partial charge on any atom is -0.327 e. The number of thioether (sulfide) groups is 1. The van der Waals surface area contributed by atoms with Gasteiger partial charge in [-0.05, 0) is 36.1 Å². The molecule has 1 nitrogen and oxygen atoms in total. The van der Waals surface area contributed by atoms with E-state index in [1.54, 1.807) is 35.2 Å². The molecule has 0 aliphatic heterocycles. The van der Waals surface area contributed by atoms with Crippen molar-refractivity contribution in [1.82, 2.24) is 0 Å². The molecule has 2 rings (SSSR count). The van der Waals surface area contributed by atoms with E-state index < -0.39 is 0 Å². The molecule has 1 heterocycles. The summed E-state index contributed by atoms with van der Waals surface area (Å²) in [5.74, 6) is -0.208. The summed E-state index contributed by atoms with van der Waals surface area (Å²) in [4.78, 5) is 0. The molecule has 0 saturated heterocycles. The van der Waals surface area contributed by atoms with Crippen molar-refractivity contribution >= 4 is 23.1 Å². The number of halogens is 1. The van der Waals surface area contributed by atoms with Gasteiger partial charge in [-0.2, -0.15) is 0 Å². The Hall–Kier alpha value is -0.840. The Bertz CT molecular complexity index is 468. The highest BCUT2D eigenvalue weighted by Gasteiger charge is 2.18. The molecule has 0 bridgehead atoms. The second-order valence-corrected chi connectivity index (χ2v) is 6.27. The van der Waals surface area contributed by atoms with Gasteiger partial charge in [0.05, 0.1) is 9.46 Å². The second kappa shape index (κ2) is 5.67. The molecule has 90 valence electrons. The fraction of sp³-hybridized carbons (Fsp3) is 0.231. The Morgan fingerprint density at radius 3 is 2.71 bits per heavy atom. The van der Waals surface area contributed by atoms with Crippen LogP contribution >= 0.6 is 23.1 Å². The van der Waals surface area contributed by atoms with E-state index in [9.17, 15) is 4.39 Å². The lowest BCUT2D eigenvalue weighted by molar-refractivity contribution is 0.622. The molecule has 0 fully saturated rings. The lowest BCUT2D eigenvalue weighted by atomic mass is 10.1. The molecule has 0 aliphatic carbocycles. The van der Waals surface area contributed by atoms with Crippen molar-refractivity contribution in [2.24, 2.45) is 5.73 Å². The maximum atomic E-state index is 13.2. The van der Waals surface area contributed by atoms with Gasteiger partial charge in [0.2, 0.25) is 0 Å². The molecular formula is C13H14FNS2. The Labute approximate surface area is 109 Å². The molecule has 0 amide bonds. The zero-order valence-electron chi connectivity index (χ0n) is 9.47. The van der Waals surface area contributed by atoms with Crippen molar-refractivity contribution in [2.75, 3.05) is 0 Å². The van der Waals surface area contributed by atoms with E-state index in [-0.39, 0.29) is 17.1 Å². The predicted octanol–water partition coefficient (Wildman–Crippen LogP) is 4.07. The van der Waals surface area contributed by atoms with Crippen molar-refractivity contribution in [3.8, 4) is 0 Å². The quantitative estimate of drug-likeness (QED) is 0.845. The van der Waals surface area contributed by atoms with Crippen LogP contribution in [0.5, 0.6) is 0 Å². The summed E-state index contributed by atoms with van der Waals surface area (Å²) in [5.41, 5.74) is 6.94. The van der Waals surface area contributed by atoms with Crippen LogP contribution in [0.2, 0.25) is 0 Å². The molecule has 0 aliphatic rings. The summed E-state index contributed by atoms with van der Waals surface area (Å²) in [5, 5.41) is 2.12. The number of hydrogen-bond donors (Lipinski definition) is 1. The van der Waals surface area contributed by atoms with Crippen LogP contribution in [0.3, 0.4) is 0 Å². The van der Waals surface area contributed by atoms with Gasteiger partial charge in [0.1, 0.15) is 5.82 Å². The predicted molar refractivity (Wildman–Crippen MR) is 73.0 cm³/mol. The molecule has 0 saturated carbocycles. The molecule has 0 spiro atoms. The first-order chi connectivity index (χ1) is 8.16. The molecule has 1 aromatic carbocycles. The summed E-state index contributed by atoms with van der Waals surface area (Å²) in [6.07, 6.45) is 0. The summed E-state index contributed by atoms with van der Waals surface area (Å²) in [6.45, 7) is 1.95. The fourth-order valence-corrected chi connectivity index (χ4v) is 3.67. The van der Waals surface area contributed by atoms with Gasteiger partial charge in [0.25, 0.3) is 0 Å². The van der Waals surface area contributed by atoms with Gasteiger partial charge in [-0.1, -0.05) is 18.2 Å². The monoisotopic (exact) mass is 267 g/mol. The molecule has 2 unspecified atom stereocenters. The van der Waals surface area contributed by atoms with E-state index in [0.717, 1.165) is 5.56 Å². The SMILES string of the molecule is CC(N)C(Sc1cccs1)c1cccc(F)c1. The van der Waals surface area contributed by atoms with Crippen LogP contribution < -0.4 is 5.73 Å². The van der Waals surface area contributed by atoms with Crippen LogP contribution in [-0.4, -0.2) is 6.04 Å². The summed E-state index contributed by atoms with van der Waals surface area (Å²) >= 11 is 3.37. The maximum absolute atomic E-state index is 13.2. The molecule has 4 heteroatoms. The number of thiophene rings is 1. The standard InChI is InChI=1S/C13H14FNS2/c1-9(15)13(17-12-6-3-7-16-12)10-4-2-5-11(14)8-10/h2-9,13H,15H2,1H3. The number of rotatable bonds is 4. The van der Waals surface area contributed by atoms with Gasteiger partial charge in [0, 0.05) is 6.04 Å². The average molecular weight is 267 g/mol. The van der Waals surface area contributed by atoms with Crippen molar-refractivity contribution < 1.29 is 4.39 Å². The Morgan fingerprint density at radius 1 is 1.29 bits per heavy atom. The molecular weight excluding hydrogens is 253 g/mol. The largest absolute Gasteiger partial charge is 0.327 e. The van der Waals surface area contributed by atoms with Crippen LogP contribution in [0.1, 0.15) is 17.7 Å². The molecule has 0 radical (unpaired) electrons. The third-order valence-electron chi connectivity index (χ3n) is 2.39. The molecule has 2 N–H and O–H groups in total. The van der Waals surface area contributed by atoms with Crippen molar-refractivity contribution in [3.05, 3.63) is 53.2 Å².